The van der Waals surface area contributed by atoms with E-state index in [1.807, 2.05) is 6.92 Å². The van der Waals surface area contributed by atoms with Gasteiger partial charge in [0.2, 0.25) is 0 Å². The minimum absolute atomic E-state index is 0.0468. The third-order valence-corrected chi connectivity index (χ3v) is 1.94. The maximum Gasteiger partial charge on any atom is 0.270 e. The number of nitro groups is 1. The molecule has 0 aliphatic rings. The first-order chi connectivity index (χ1) is 7.19. The lowest BCUT2D eigenvalue weighted by Crippen LogP contribution is -1.98. The van der Waals surface area contributed by atoms with Gasteiger partial charge in [-0.15, -0.1) is 0 Å². The first kappa shape index (κ1) is 11.5. The average Bonchev–Trinajstić information content (AvgIpc) is 2.25. The smallest absolute Gasteiger partial charge is 0.270 e. The summed E-state index contributed by atoms with van der Waals surface area (Å²) < 4.78 is 10.3. The first-order valence-corrected chi connectivity index (χ1v) is 4.58. The van der Waals surface area contributed by atoms with Gasteiger partial charge in [-0.2, -0.15) is 0 Å². The lowest BCUT2D eigenvalue weighted by Gasteiger charge is -2.07. The van der Waals surface area contributed by atoms with Gasteiger partial charge in [-0.1, -0.05) is 0 Å². The Morgan fingerprint density at radius 3 is 2.73 bits per heavy atom. The molecule has 5 nitrogen and oxygen atoms in total. The van der Waals surface area contributed by atoms with Crippen LogP contribution in [0.4, 0.5) is 5.69 Å². The van der Waals surface area contributed by atoms with Crippen LogP contribution in [0.25, 0.3) is 0 Å². The first-order valence-electron chi connectivity index (χ1n) is 4.58. The summed E-state index contributed by atoms with van der Waals surface area (Å²) in [5, 5.41) is 10.6. The normalized spacial score (nSPS) is 10.0. The van der Waals surface area contributed by atoms with Gasteiger partial charge in [-0.3, -0.25) is 10.1 Å². The van der Waals surface area contributed by atoms with Crippen molar-refractivity contribution in [3.8, 4) is 5.75 Å². The SMILES string of the molecule is CCOCc1cc([N+](=O)[O-])ccc1OC. The summed E-state index contributed by atoms with van der Waals surface area (Å²) in [5.41, 5.74) is 0.735. The largest absolute Gasteiger partial charge is 0.496 e. The van der Waals surface area contributed by atoms with E-state index in [2.05, 4.69) is 0 Å². The van der Waals surface area contributed by atoms with Crippen molar-refractivity contribution in [2.24, 2.45) is 0 Å². The zero-order chi connectivity index (χ0) is 11.3. The van der Waals surface area contributed by atoms with E-state index in [1.165, 1.54) is 19.2 Å². The second-order valence-electron chi connectivity index (χ2n) is 2.89. The Kier molecular flexibility index (Phi) is 4.05. The van der Waals surface area contributed by atoms with Crippen LogP contribution in [0.3, 0.4) is 0 Å². The van der Waals surface area contributed by atoms with Gasteiger partial charge in [0.25, 0.3) is 5.69 Å². The van der Waals surface area contributed by atoms with Crippen molar-refractivity contribution in [3.63, 3.8) is 0 Å². The maximum absolute atomic E-state index is 10.6. The summed E-state index contributed by atoms with van der Waals surface area (Å²) >= 11 is 0. The molecular weight excluding hydrogens is 198 g/mol. The molecule has 5 heteroatoms. The summed E-state index contributed by atoms with van der Waals surface area (Å²) in [7, 11) is 1.52. The summed E-state index contributed by atoms with van der Waals surface area (Å²) in [4.78, 5) is 10.1. The molecule has 0 aromatic heterocycles. The Labute approximate surface area is 87.8 Å². The van der Waals surface area contributed by atoms with E-state index in [0.29, 0.717) is 24.5 Å². The number of nitro benzene ring substituents is 1. The van der Waals surface area contributed by atoms with Crippen molar-refractivity contribution in [2.75, 3.05) is 13.7 Å². The van der Waals surface area contributed by atoms with Crippen molar-refractivity contribution < 1.29 is 14.4 Å². The molecule has 0 bridgehead atoms. The highest BCUT2D eigenvalue weighted by Gasteiger charge is 2.10. The second-order valence-corrected chi connectivity index (χ2v) is 2.89. The highest BCUT2D eigenvalue weighted by molar-refractivity contribution is 5.43. The molecule has 0 spiro atoms. The van der Waals surface area contributed by atoms with Crippen LogP contribution >= 0.6 is 0 Å². The lowest BCUT2D eigenvalue weighted by atomic mass is 10.2. The molecular formula is C10H13NO4. The highest BCUT2D eigenvalue weighted by atomic mass is 16.6. The summed E-state index contributed by atoms with van der Waals surface area (Å²) in [5.74, 6) is 0.606. The molecule has 82 valence electrons. The van der Waals surface area contributed by atoms with E-state index >= 15 is 0 Å². The fraction of sp³-hybridized carbons (Fsp3) is 0.400. The second kappa shape index (κ2) is 5.31. The third-order valence-electron chi connectivity index (χ3n) is 1.94. The molecule has 1 rings (SSSR count). The van der Waals surface area contributed by atoms with Gasteiger partial charge in [0.1, 0.15) is 5.75 Å². The fourth-order valence-corrected chi connectivity index (χ4v) is 1.20. The van der Waals surface area contributed by atoms with Crippen LogP contribution in [0.15, 0.2) is 18.2 Å². The summed E-state index contributed by atoms with van der Waals surface area (Å²) in [6.07, 6.45) is 0. The topological polar surface area (TPSA) is 61.6 Å². The fourth-order valence-electron chi connectivity index (χ4n) is 1.20. The summed E-state index contributed by atoms with van der Waals surface area (Å²) in [6.45, 7) is 2.75. The van der Waals surface area contributed by atoms with Crippen LogP contribution in [0.5, 0.6) is 5.75 Å². The number of benzene rings is 1. The van der Waals surface area contributed by atoms with E-state index in [-0.39, 0.29) is 5.69 Å². The van der Waals surface area contributed by atoms with Crippen LogP contribution in [0, 0.1) is 10.1 Å². The van der Waals surface area contributed by atoms with Crippen LogP contribution in [-0.2, 0) is 11.3 Å². The number of nitrogens with zero attached hydrogens (tertiary/aromatic N) is 1. The Morgan fingerprint density at radius 1 is 1.47 bits per heavy atom. The van der Waals surface area contributed by atoms with Crippen molar-refractivity contribution in [1.29, 1.82) is 0 Å². The van der Waals surface area contributed by atoms with E-state index in [1.54, 1.807) is 6.07 Å². The van der Waals surface area contributed by atoms with Crippen molar-refractivity contribution in [1.82, 2.24) is 0 Å². The highest BCUT2D eigenvalue weighted by Crippen LogP contribution is 2.24. The van der Waals surface area contributed by atoms with Crippen LogP contribution in [0.2, 0.25) is 0 Å². The van der Waals surface area contributed by atoms with Gasteiger partial charge in [-0.25, -0.2) is 0 Å². The molecule has 0 N–H and O–H groups in total. The maximum atomic E-state index is 10.6. The molecule has 0 heterocycles. The molecule has 0 radical (unpaired) electrons. The Morgan fingerprint density at radius 2 is 2.20 bits per heavy atom. The monoisotopic (exact) mass is 211 g/mol. The van der Waals surface area contributed by atoms with Crippen molar-refractivity contribution in [3.05, 3.63) is 33.9 Å². The Hall–Kier alpha value is -1.62. The minimum Gasteiger partial charge on any atom is -0.496 e. The van der Waals surface area contributed by atoms with Crippen molar-refractivity contribution >= 4 is 5.69 Å². The van der Waals surface area contributed by atoms with Gasteiger partial charge < -0.3 is 9.47 Å². The molecule has 0 aliphatic carbocycles. The van der Waals surface area contributed by atoms with Gasteiger partial charge in [-0.05, 0) is 13.0 Å². The molecule has 15 heavy (non-hydrogen) atoms. The predicted octanol–water partition coefficient (Wildman–Crippen LogP) is 2.14. The molecule has 1 aromatic carbocycles. The van der Waals surface area contributed by atoms with Crippen molar-refractivity contribution in [2.45, 2.75) is 13.5 Å². The van der Waals surface area contributed by atoms with Gasteiger partial charge in [0, 0.05) is 24.3 Å². The molecule has 0 amide bonds. The zero-order valence-corrected chi connectivity index (χ0v) is 8.73. The molecule has 0 saturated heterocycles. The number of ether oxygens (including phenoxy) is 2. The lowest BCUT2D eigenvalue weighted by molar-refractivity contribution is -0.385. The van der Waals surface area contributed by atoms with Crippen LogP contribution in [-0.4, -0.2) is 18.6 Å². The van der Waals surface area contributed by atoms with Gasteiger partial charge >= 0.3 is 0 Å². The number of methoxy groups -OCH3 is 1. The molecule has 0 saturated carbocycles. The number of non-ortho nitro benzene ring substituents is 1. The average molecular weight is 211 g/mol. The number of hydrogen-bond acceptors (Lipinski definition) is 4. The van der Waals surface area contributed by atoms with Gasteiger partial charge in [0.15, 0.2) is 0 Å². The molecule has 0 aliphatic heterocycles. The van der Waals surface area contributed by atoms with E-state index < -0.39 is 4.92 Å². The van der Waals surface area contributed by atoms with Crippen LogP contribution in [0.1, 0.15) is 12.5 Å². The standard InChI is InChI=1S/C10H13NO4/c1-3-15-7-8-6-9(11(12)13)4-5-10(8)14-2/h4-6H,3,7H2,1-2H3. The third kappa shape index (κ3) is 2.92. The summed E-state index contributed by atoms with van der Waals surface area (Å²) in [6, 6.07) is 4.45. The van der Waals surface area contributed by atoms with E-state index in [9.17, 15) is 10.1 Å². The van der Waals surface area contributed by atoms with E-state index in [4.69, 9.17) is 9.47 Å². The van der Waals surface area contributed by atoms with Gasteiger partial charge in [0.05, 0.1) is 18.6 Å². The Balaban J connectivity index is 2.96. The molecule has 0 atom stereocenters. The minimum atomic E-state index is -0.436. The predicted molar refractivity (Wildman–Crippen MR) is 55.0 cm³/mol. The van der Waals surface area contributed by atoms with Crippen LogP contribution < -0.4 is 4.74 Å². The number of rotatable bonds is 5. The molecule has 0 unspecified atom stereocenters. The Bertz CT molecular complexity index is 351. The zero-order valence-electron chi connectivity index (χ0n) is 8.73. The molecule has 1 aromatic rings. The quantitative estimate of drug-likeness (QED) is 0.553. The number of hydrogen-bond donors (Lipinski definition) is 0. The van der Waals surface area contributed by atoms with E-state index in [0.717, 1.165) is 0 Å². The molecule has 0 fully saturated rings.